The van der Waals surface area contributed by atoms with Crippen LogP contribution in [0.5, 0.6) is 0 Å². The summed E-state index contributed by atoms with van der Waals surface area (Å²) in [6.07, 6.45) is 0.225. The van der Waals surface area contributed by atoms with Crippen molar-refractivity contribution in [2.45, 2.75) is 62.3 Å². The second-order valence-electron chi connectivity index (χ2n) is 13.4. The summed E-state index contributed by atoms with van der Waals surface area (Å²) in [5.74, 6) is -5.62. The number of hydrogen-bond donors (Lipinski definition) is 11. The van der Waals surface area contributed by atoms with Crippen LogP contribution in [0, 0.1) is 0 Å². The van der Waals surface area contributed by atoms with E-state index in [2.05, 4.69) is 36.9 Å². The average Bonchev–Trinajstić information content (AvgIpc) is 3.22. The zero-order chi connectivity index (χ0) is 43.2. The maximum absolute atomic E-state index is 14.0. The first-order chi connectivity index (χ1) is 28.3. The molecule has 0 radical (unpaired) electrons. The summed E-state index contributed by atoms with van der Waals surface area (Å²) in [4.78, 5) is 95.7. The molecule has 0 aliphatic carbocycles. The first kappa shape index (κ1) is 46.5. The van der Waals surface area contributed by atoms with E-state index in [0.29, 0.717) is 11.1 Å². The van der Waals surface area contributed by atoms with Gasteiger partial charge in [0.25, 0.3) is 0 Å². The number of aliphatic imine (C=N–C) groups is 1. The Bertz CT molecular complexity index is 1880. The molecule has 3 aromatic rings. The largest absolute Gasteiger partial charge is 0.394 e. The molecule has 0 unspecified atom stereocenters. The van der Waals surface area contributed by atoms with Gasteiger partial charge in [-0.2, -0.15) is 0 Å². The highest BCUT2D eigenvalue weighted by molar-refractivity contribution is 5.97. The van der Waals surface area contributed by atoms with E-state index < -0.39 is 84.7 Å². The molecule has 7 amide bonds. The van der Waals surface area contributed by atoms with Crippen molar-refractivity contribution < 1.29 is 38.7 Å². The van der Waals surface area contributed by atoms with Gasteiger partial charge in [0, 0.05) is 25.8 Å². The van der Waals surface area contributed by atoms with Gasteiger partial charge < -0.3 is 59.9 Å². The van der Waals surface area contributed by atoms with Gasteiger partial charge in [-0.25, -0.2) is 0 Å². The van der Waals surface area contributed by atoms with Crippen LogP contribution < -0.4 is 54.8 Å². The van der Waals surface area contributed by atoms with E-state index in [1.807, 2.05) is 0 Å². The van der Waals surface area contributed by atoms with Gasteiger partial charge in [0.15, 0.2) is 5.96 Å². The summed E-state index contributed by atoms with van der Waals surface area (Å²) < 4.78 is 0. The molecular formula is C40H53N11O8. The van der Waals surface area contributed by atoms with Crippen molar-refractivity contribution in [2.75, 3.05) is 26.2 Å². The predicted octanol–water partition coefficient (Wildman–Crippen LogP) is -3.26. The van der Waals surface area contributed by atoms with Crippen LogP contribution in [0.15, 0.2) is 96.0 Å². The highest BCUT2D eigenvalue weighted by atomic mass is 16.3. The third-order valence-corrected chi connectivity index (χ3v) is 8.82. The highest BCUT2D eigenvalue weighted by Gasteiger charge is 2.32. The summed E-state index contributed by atoms with van der Waals surface area (Å²) in [6.45, 7) is -1.61. The van der Waals surface area contributed by atoms with Gasteiger partial charge in [-0.15, -0.1) is 0 Å². The van der Waals surface area contributed by atoms with E-state index in [1.165, 1.54) is 0 Å². The molecule has 3 rings (SSSR count). The number of benzene rings is 3. The number of nitrogens with zero attached hydrogens (tertiary/aromatic N) is 1. The van der Waals surface area contributed by atoms with Gasteiger partial charge in [-0.3, -0.25) is 38.6 Å². The zero-order valence-electron chi connectivity index (χ0n) is 32.5. The van der Waals surface area contributed by atoms with Crippen LogP contribution in [-0.4, -0.2) is 109 Å². The van der Waals surface area contributed by atoms with Crippen LogP contribution in [0.4, 0.5) is 0 Å². The monoisotopic (exact) mass is 815 g/mol. The third-order valence-electron chi connectivity index (χ3n) is 8.82. The molecule has 0 heterocycles. The second kappa shape index (κ2) is 24.7. The molecule has 15 N–H and O–H groups in total. The second-order valence-corrected chi connectivity index (χ2v) is 13.4. The summed E-state index contributed by atoms with van der Waals surface area (Å²) in [5.41, 5.74) is 23.8. The molecule has 0 aliphatic rings. The molecule has 3 aromatic carbocycles. The van der Waals surface area contributed by atoms with E-state index in [4.69, 9.17) is 22.9 Å². The van der Waals surface area contributed by atoms with Gasteiger partial charge >= 0.3 is 0 Å². The van der Waals surface area contributed by atoms with Gasteiger partial charge in [-0.1, -0.05) is 91.0 Å². The molecule has 316 valence electrons. The van der Waals surface area contributed by atoms with Crippen LogP contribution in [0.2, 0.25) is 0 Å². The van der Waals surface area contributed by atoms with Crippen molar-refractivity contribution in [3.05, 3.63) is 108 Å². The SMILES string of the molecule is NCC(=O)NCC(=O)N[C@@H](Cc1ccccc1)C(=O)N[C@@H](CO)C(=O)N[C@H](Cc1ccccc1)C(=O)N[C@@H](CCCN=C(N)N)C(=O)N[C@@H](Cc1ccccc1)C(N)=O. The van der Waals surface area contributed by atoms with Crippen molar-refractivity contribution in [3.63, 3.8) is 0 Å². The smallest absolute Gasteiger partial charge is 0.245 e. The number of nitrogens with one attached hydrogen (secondary N) is 6. The molecule has 0 fully saturated rings. The number of carbonyl (C=O) groups is 7. The number of hydrogen-bond acceptors (Lipinski definition) is 10. The normalized spacial score (nSPS) is 13.2. The first-order valence-corrected chi connectivity index (χ1v) is 18.8. The first-order valence-electron chi connectivity index (χ1n) is 18.8. The number of nitrogens with two attached hydrogens (primary N) is 4. The topological polar surface area (TPSA) is 328 Å². The van der Waals surface area contributed by atoms with Gasteiger partial charge in [0.05, 0.1) is 19.7 Å². The van der Waals surface area contributed by atoms with Crippen molar-refractivity contribution in [1.82, 2.24) is 31.9 Å². The van der Waals surface area contributed by atoms with Crippen molar-refractivity contribution in [3.8, 4) is 0 Å². The Hall–Kier alpha value is -6.86. The van der Waals surface area contributed by atoms with E-state index in [0.717, 1.165) is 5.56 Å². The van der Waals surface area contributed by atoms with Crippen molar-refractivity contribution in [1.29, 1.82) is 0 Å². The average molecular weight is 816 g/mol. The summed E-state index contributed by atoms with van der Waals surface area (Å²) >= 11 is 0. The number of rotatable bonds is 24. The van der Waals surface area contributed by atoms with Crippen molar-refractivity contribution in [2.24, 2.45) is 27.9 Å². The lowest BCUT2D eigenvalue weighted by Gasteiger charge is -2.27. The Balaban J connectivity index is 1.83. The molecule has 19 heteroatoms. The minimum atomic E-state index is -1.60. The fourth-order valence-corrected chi connectivity index (χ4v) is 5.74. The number of guanidine groups is 1. The number of aliphatic hydroxyl groups excluding tert-OH is 1. The highest BCUT2D eigenvalue weighted by Crippen LogP contribution is 2.09. The van der Waals surface area contributed by atoms with Crippen molar-refractivity contribution >= 4 is 47.3 Å². The lowest BCUT2D eigenvalue weighted by atomic mass is 10.0. The van der Waals surface area contributed by atoms with E-state index in [9.17, 15) is 38.7 Å². The van der Waals surface area contributed by atoms with Crippen LogP contribution >= 0.6 is 0 Å². The van der Waals surface area contributed by atoms with Crippen LogP contribution in [-0.2, 0) is 52.8 Å². The standard InChI is InChI=1S/C40H53N11O8/c41-22-33(53)46-23-34(54)47-30(20-26-13-6-2-7-14-26)37(57)51-32(24-52)39(59)50-31(21-27-15-8-3-9-16-27)38(58)48-28(17-10-18-45-40(43)44)36(56)49-29(35(42)55)19-25-11-4-1-5-12-25/h1-9,11-16,28-32,52H,10,17-24,41H2,(H2,42,55)(H,46,53)(H,47,54)(H,48,58)(H,49,56)(H,50,59)(H,51,57)(H4,43,44,45)/t28-,29-,30-,31+,32-/m0/s1. The van der Waals surface area contributed by atoms with E-state index >= 15 is 0 Å². The molecule has 5 atom stereocenters. The molecule has 0 saturated heterocycles. The van der Waals surface area contributed by atoms with Crippen LogP contribution in [0.1, 0.15) is 29.5 Å². The number of carbonyl (C=O) groups excluding carboxylic acids is 7. The summed E-state index contributed by atoms with van der Waals surface area (Å²) in [7, 11) is 0. The molecule has 0 saturated carbocycles. The van der Waals surface area contributed by atoms with Crippen LogP contribution in [0.3, 0.4) is 0 Å². The molecule has 59 heavy (non-hydrogen) atoms. The summed E-state index contributed by atoms with van der Waals surface area (Å²) in [5, 5.41) is 25.4. The van der Waals surface area contributed by atoms with Gasteiger partial charge in [0.1, 0.15) is 30.2 Å². The van der Waals surface area contributed by atoms with E-state index in [-0.39, 0.29) is 51.2 Å². The lowest BCUT2D eigenvalue weighted by Crippen LogP contribution is -2.60. The number of amides is 7. The number of primary amides is 1. The molecule has 0 bridgehead atoms. The predicted molar refractivity (Wildman–Crippen MR) is 218 cm³/mol. The minimum Gasteiger partial charge on any atom is -0.394 e. The third kappa shape index (κ3) is 17.0. The maximum Gasteiger partial charge on any atom is 0.245 e. The van der Waals surface area contributed by atoms with Crippen LogP contribution in [0.25, 0.3) is 0 Å². The quantitative estimate of drug-likeness (QED) is 0.0242. The molecule has 19 nitrogen and oxygen atoms in total. The Labute approximate surface area is 341 Å². The Morgan fingerprint density at radius 1 is 0.542 bits per heavy atom. The molecule has 0 aromatic heterocycles. The summed E-state index contributed by atoms with van der Waals surface area (Å²) in [6, 6.07) is 19.6. The van der Waals surface area contributed by atoms with Gasteiger partial charge in [0.2, 0.25) is 41.4 Å². The molecular weight excluding hydrogens is 763 g/mol. The Kier molecular flexibility index (Phi) is 19.5. The Morgan fingerprint density at radius 2 is 0.949 bits per heavy atom. The Morgan fingerprint density at radius 3 is 1.41 bits per heavy atom. The van der Waals surface area contributed by atoms with Gasteiger partial charge in [-0.05, 0) is 29.5 Å². The molecule has 0 spiro atoms. The lowest BCUT2D eigenvalue weighted by molar-refractivity contribution is -0.135. The fraction of sp³-hybridized carbons (Fsp3) is 0.350. The van der Waals surface area contributed by atoms with E-state index in [1.54, 1.807) is 91.0 Å². The fourth-order valence-electron chi connectivity index (χ4n) is 5.74. The number of aliphatic hydroxyl groups is 1. The maximum atomic E-state index is 14.0. The minimum absolute atomic E-state index is 0.0108. The zero-order valence-corrected chi connectivity index (χ0v) is 32.5. The molecule has 0 aliphatic heterocycles.